The van der Waals surface area contributed by atoms with Gasteiger partial charge in [-0.25, -0.2) is 13.2 Å². The molecule has 0 fully saturated rings. The molecule has 0 aliphatic heterocycles. The van der Waals surface area contributed by atoms with E-state index in [-0.39, 0.29) is 17.3 Å². The molecule has 7 nitrogen and oxygen atoms in total. The fraction of sp³-hybridized carbons (Fsp3) is 0.278. The fourth-order valence-electron chi connectivity index (χ4n) is 5.14. The first kappa shape index (κ1) is 33.8. The van der Waals surface area contributed by atoms with Crippen LogP contribution in [0.5, 0.6) is 0 Å². The molecular weight excluding hydrogens is 605 g/mol. The molecule has 1 unspecified atom stereocenters. The zero-order valence-corrected chi connectivity index (χ0v) is 27.8. The summed E-state index contributed by atoms with van der Waals surface area (Å²) in [5, 5.41) is 2.87. The van der Waals surface area contributed by atoms with Gasteiger partial charge in [-0.15, -0.1) is 0 Å². The lowest BCUT2D eigenvalue weighted by Gasteiger charge is -2.25. The standard InChI is InChI=1S/C36H40N2O5S2/c1-5-27-15-18-30(19-16-27)45(41,42)38(29-12-7-6-8-13-29)23-21-28-17-20-32(33(25-28)31-14-10-9-11-26(31)2)35(39)37-34(22-24-44-4)36(40)43-3/h6-20,25,34H,5,21-24H2,1-4H3,(H,37,39). The van der Waals surface area contributed by atoms with Gasteiger partial charge >= 0.3 is 5.97 Å². The highest BCUT2D eigenvalue weighted by atomic mass is 32.2. The molecule has 45 heavy (non-hydrogen) atoms. The molecule has 4 aromatic carbocycles. The number of ether oxygens (including phenoxy) is 1. The fourth-order valence-corrected chi connectivity index (χ4v) is 7.08. The van der Waals surface area contributed by atoms with Gasteiger partial charge in [0.05, 0.1) is 17.7 Å². The van der Waals surface area contributed by atoms with E-state index >= 15 is 0 Å². The van der Waals surface area contributed by atoms with Gasteiger partial charge in [-0.2, -0.15) is 11.8 Å². The minimum atomic E-state index is -3.85. The number of para-hydroxylation sites is 1. The van der Waals surface area contributed by atoms with Crippen LogP contribution in [0, 0.1) is 6.92 Å². The predicted octanol–water partition coefficient (Wildman–Crippen LogP) is 6.69. The van der Waals surface area contributed by atoms with E-state index in [1.165, 1.54) is 11.4 Å². The maximum Gasteiger partial charge on any atom is 0.328 e. The summed E-state index contributed by atoms with van der Waals surface area (Å²) in [7, 11) is -2.54. The number of amides is 1. The molecule has 0 radical (unpaired) electrons. The number of hydrogen-bond acceptors (Lipinski definition) is 6. The van der Waals surface area contributed by atoms with E-state index in [0.29, 0.717) is 35.4 Å². The number of anilines is 1. The van der Waals surface area contributed by atoms with Crippen molar-refractivity contribution in [2.24, 2.45) is 0 Å². The second kappa shape index (κ2) is 15.8. The van der Waals surface area contributed by atoms with E-state index < -0.39 is 22.0 Å². The Morgan fingerprint density at radius 1 is 0.889 bits per heavy atom. The molecule has 0 aliphatic carbocycles. The zero-order chi connectivity index (χ0) is 32.4. The highest BCUT2D eigenvalue weighted by molar-refractivity contribution is 7.98. The second-order valence-corrected chi connectivity index (χ2v) is 13.5. The van der Waals surface area contributed by atoms with Gasteiger partial charge in [0.1, 0.15) is 6.04 Å². The monoisotopic (exact) mass is 644 g/mol. The molecule has 0 saturated carbocycles. The maximum atomic E-state index is 13.9. The van der Waals surface area contributed by atoms with Crippen LogP contribution in [0.15, 0.2) is 102 Å². The van der Waals surface area contributed by atoms with E-state index in [1.54, 1.807) is 42.1 Å². The van der Waals surface area contributed by atoms with Crippen molar-refractivity contribution in [3.05, 3.63) is 119 Å². The average molecular weight is 645 g/mol. The van der Waals surface area contributed by atoms with Crippen molar-refractivity contribution in [1.82, 2.24) is 5.32 Å². The largest absolute Gasteiger partial charge is 0.467 e. The summed E-state index contributed by atoms with van der Waals surface area (Å²) in [4.78, 5) is 26.3. The molecule has 1 atom stereocenters. The van der Waals surface area contributed by atoms with Crippen molar-refractivity contribution in [3.63, 3.8) is 0 Å². The number of carbonyl (C=O) groups excluding carboxylic acids is 2. The number of esters is 1. The van der Waals surface area contributed by atoms with E-state index in [1.807, 2.05) is 86.8 Å². The highest BCUT2D eigenvalue weighted by Gasteiger charge is 2.26. The summed E-state index contributed by atoms with van der Waals surface area (Å²) < 4.78 is 34.2. The third-order valence-electron chi connectivity index (χ3n) is 7.73. The summed E-state index contributed by atoms with van der Waals surface area (Å²) in [6.45, 7) is 4.20. The van der Waals surface area contributed by atoms with E-state index in [4.69, 9.17) is 4.74 Å². The normalized spacial score (nSPS) is 11.9. The summed E-state index contributed by atoms with van der Waals surface area (Å²) in [6, 6.07) is 28.7. The first-order chi connectivity index (χ1) is 21.7. The van der Waals surface area contributed by atoms with E-state index in [2.05, 4.69) is 5.32 Å². The van der Waals surface area contributed by atoms with Crippen LogP contribution >= 0.6 is 11.8 Å². The number of rotatable bonds is 14. The lowest BCUT2D eigenvalue weighted by Crippen LogP contribution is -2.42. The molecule has 1 amide bonds. The second-order valence-electron chi connectivity index (χ2n) is 10.7. The molecule has 0 heterocycles. The maximum absolute atomic E-state index is 13.9. The number of benzene rings is 4. The summed E-state index contributed by atoms with van der Waals surface area (Å²) in [5.41, 5.74) is 5.51. The van der Waals surface area contributed by atoms with Crippen LogP contribution in [0.2, 0.25) is 0 Å². The van der Waals surface area contributed by atoms with Crippen molar-refractivity contribution in [3.8, 4) is 11.1 Å². The van der Waals surface area contributed by atoms with Crippen LogP contribution in [0.1, 0.15) is 40.4 Å². The molecular formula is C36H40N2O5S2. The third kappa shape index (κ3) is 8.35. The van der Waals surface area contributed by atoms with Gasteiger partial charge in [-0.1, -0.05) is 73.7 Å². The van der Waals surface area contributed by atoms with E-state index in [0.717, 1.165) is 28.7 Å². The number of thioether (sulfide) groups is 1. The van der Waals surface area contributed by atoms with Crippen molar-refractivity contribution in [1.29, 1.82) is 0 Å². The topological polar surface area (TPSA) is 92.8 Å². The Labute approximate surface area is 271 Å². The Bertz CT molecular complexity index is 1710. The van der Waals surface area contributed by atoms with E-state index in [9.17, 15) is 18.0 Å². The minimum Gasteiger partial charge on any atom is -0.467 e. The first-order valence-corrected chi connectivity index (χ1v) is 17.8. The van der Waals surface area contributed by atoms with Gasteiger partial charge in [-0.05, 0) is 96.3 Å². The zero-order valence-electron chi connectivity index (χ0n) is 26.2. The van der Waals surface area contributed by atoms with Gasteiger partial charge < -0.3 is 10.1 Å². The molecule has 1 N–H and O–H groups in total. The number of carbonyl (C=O) groups is 2. The van der Waals surface area contributed by atoms with Gasteiger partial charge in [-0.3, -0.25) is 9.10 Å². The number of nitrogens with one attached hydrogen (secondary N) is 1. The number of aryl methyl sites for hydroxylation is 2. The molecule has 0 aromatic heterocycles. The number of hydrogen-bond donors (Lipinski definition) is 1. The molecule has 4 rings (SSSR count). The Kier molecular flexibility index (Phi) is 11.8. The van der Waals surface area contributed by atoms with Gasteiger partial charge in [0, 0.05) is 12.1 Å². The molecule has 0 aliphatic rings. The molecule has 9 heteroatoms. The number of nitrogens with zero attached hydrogens (tertiary/aromatic N) is 1. The number of methoxy groups -OCH3 is 1. The smallest absolute Gasteiger partial charge is 0.328 e. The highest BCUT2D eigenvalue weighted by Crippen LogP contribution is 2.30. The molecule has 236 valence electrons. The Morgan fingerprint density at radius 2 is 1.56 bits per heavy atom. The minimum absolute atomic E-state index is 0.194. The molecule has 0 saturated heterocycles. The lowest BCUT2D eigenvalue weighted by molar-refractivity contribution is -0.142. The summed E-state index contributed by atoms with van der Waals surface area (Å²) in [6.07, 6.45) is 3.61. The van der Waals surface area contributed by atoms with Gasteiger partial charge in [0.25, 0.3) is 15.9 Å². The van der Waals surface area contributed by atoms with Crippen LogP contribution in [-0.4, -0.2) is 52.0 Å². The molecule has 0 spiro atoms. The van der Waals surface area contributed by atoms with Crippen molar-refractivity contribution in [2.45, 2.75) is 44.0 Å². The summed E-state index contributed by atoms with van der Waals surface area (Å²) in [5.74, 6) is -0.175. The van der Waals surface area contributed by atoms with Crippen LogP contribution in [0.25, 0.3) is 11.1 Å². The summed E-state index contributed by atoms with van der Waals surface area (Å²) >= 11 is 1.59. The van der Waals surface area contributed by atoms with Gasteiger partial charge in [0.15, 0.2) is 0 Å². The van der Waals surface area contributed by atoms with Crippen LogP contribution in [-0.2, 0) is 32.4 Å². The third-order valence-corrected chi connectivity index (χ3v) is 10.2. The lowest BCUT2D eigenvalue weighted by atomic mass is 9.93. The van der Waals surface area contributed by atoms with Crippen LogP contribution in [0.4, 0.5) is 5.69 Å². The van der Waals surface area contributed by atoms with Crippen molar-refractivity contribution in [2.75, 3.05) is 30.0 Å². The van der Waals surface area contributed by atoms with Crippen LogP contribution in [0.3, 0.4) is 0 Å². The number of sulfonamides is 1. The Hall–Kier alpha value is -4.08. The Morgan fingerprint density at radius 3 is 2.20 bits per heavy atom. The van der Waals surface area contributed by atoms with Gasteiger partial charge in [0.2, 0.25) is 0 Å². The predicted molar refractivity (Wildman–Crippen MR) is 183 cm³/mol. The molecule has 4 aromatic rings. The average Bonchev–Trinajstić information content (AvgIpc) is 3.06. The quantitative estimate of drug-likeness (QED) is 0.154. The van der Waals surface area contributed by atoms with Crippen molar-refractivity contribution < 1.29 is 22.7 Å². The van der Waals surface area contributed by atoms with Crippen LogP contribution < -0.4 is 9.62 Å². The first-order valence-electron chi connectivity index (χ1n) is 14.9. The Balaban J connectivity index is 1.69. The SMILES string of the molecule is CCc1ccc(S(=O)(=O)N(CCc2ccc(C(=O)NC(CCSC)C(=O)OC)c(-c3ccccc3C)c2)c2ccccc2)cc1. The van der Waals surface area contributed by atoms with Crippen molar-refractivity contribution >= 4 is 39.3 Å². The molecule has 0 bridgehead atoms.